The summed E-state index contributed by atoms with van der Waals surface area (Å²) in [5.74, 6) is -0.218. The molecule has 1 aromatic heterocycles. The summed E-state index contributed by atoms with van der Waals surface area (Å²) in [6.07, 6.45) is 0. The van der Waals surface area contributed by atoms with Crippen LogP contribution in [-0.4, -0.2) is 78.6 Å². The van der Waals surface area contributed by atoms with Gasteiger partial charge >= 0.3 is 5.97 Å². The molecule has 1 aliphatic rings. The smallest absolute Gasteiger partial charge is 0.318 e. The molecule has 0 aliphatic carbocycles. The largest absolute Gasteiger partial charge is 0.480 e. The van der Waals surface area contributed by atoms with Gasteiger partial charge in [0.05, 0.1) is 5.75 Å². The molecule has 25 heavy (non-hydrogen) atoms. The van der Waals surface area contributed by atoms with E-state index in [2.05, 4.69) is 28.7 Å². The zero-order chi connectivity index (χ0) is 18.6. The molecular weight excluding hydrogens is 344 g/mol. The van der Waals surface area contributed by atoms with Gasteiger partial charge in [-0.3, -0.25) is 9.69 Å². The van der Waals surface area contributed by atoms with E-state index in [1.54, 1.807) is 0 Å². The molecule has 0 aromatic carbocycles. The Labute approximate surface area is 148 Å². The molecule has 1 fully saturated rings. The fourth-order valence-electron chi connectivity index (χ4n) is 2.72. The van der Waals surface area contributed by atoms with Gasteiger partial charge in [-0.05, 0) is 6.92 Å². The van der Waals surface area contributed by atoms with Crippen molar-refractivity contribution in [3.05, 3.63) is 17.6 Å². The average Bonchev–Trinajstić information content (AvgIpc) is 2.51. The molecule has 1 saturated heterocycles. The molecule has 0 amide bonds. The first-order valence-corrected chi connectivity index (χ1v) is 10.2. The minimum absolute atomic E-state index is 0.122. The Bertz CT molecular complexity index is 713. The number of carboxylic acids is 1. The molecule has 1 N–H and O–H groups in total. The summed E-state index contributed by atoms with van der Waals surface area (Å²) in [6, 6.07) is 1.97. The Morgan fingerprint density at radius 3 is 2.44 bits per heavy atom. The van der Waals surface area contributed by atoms with E-state index >= 15 is 0 Å². The molecule has 0 saturated carbocycles. The number of aliphatic carboxylic acids is 1. The number of sulfone groups is 1. The highest BCUT2D eigenvalue weighted by molar-refractivity contribution is 7.92. The van der Waals surface area contributed by atoms with Crippen molar-refractivity contribution in [2.45, 2.75) is 26.7 Å². The van der Waals surface area contributed by atoms with Crippen LogP contribution in [0.2, 0.25) is 0 Å². The first-order valence-electron chi connectivity index (χ1n) is 8.41. The second-order valence-electron chi connectivity index (χ2n) is 6.69. The number of anilines is 1. The number of carboxylic acid groups (broad SMARTS) is 1. The molecule has 0 bridgehead atoms. The number of hydrogen-bond donors (Lipinski definition) is 1. The Morgan fingerprint density at radius 1 is 1.24 bits per heavy atom. The van der Waals surface area contributed by atoms with Crippen LogP contribution >= 0.6 is 0 Å². The SMILES string of the molecule is Cc1cc(N2CCN(CCS(=O)(=O)CC(=O)O)CC2)nc(C(C)C)n1. The summed E-state index contributed by atoms with van der Waals surface area (Å²) >= 11 is 0. The topological polar surface area (TPSA) is 104 Å². The number of aromatic nitrogens is 2. The second kappa shape index (κ2) is 8.09. The summed E-state index contributed by atoms with van der Waals surface area (Å²) in [5.41, 5.74) is 0.941. The number of piperazine rings is 1. The third-order valence-electron chi connectivity index (χ3n) is 4.13. The van der Waals surface area contributed by atoms with Gasteiger partial charge in [-0.15, -0.1) is 0 Å². The van der Waals surface area contributed by atoms with Crippen LogP contribution < -0.4 is 4.90 Å². The maximum absolute atomic E-state index is 11.7. The van der Waals surface area contributed by atoms with Crippen molar-refractivity contribution < 1.29 is 18.3 Å². The quantitative estimate of drug-likeness (QED) is 0.741. The number of aryl methyl sites for hydroxylation is 1. The van der Waals surface area contributed by atoms with E-state index in [1.807, 2.05) is 17.9 Å². The first kappa shape index (κ1) is 19.6. The molecule has 1 aliphatic heterocycles. The Kier molecular flexibility index (Phi) is 6.34. The maximum atomic E-state index is 11.7. The summed E-state index contributed by atoms with van der Waals surface area (Å²) in [4.78, 5) is 23.9. The van der Waals surface area contributed by atoms with Crippen molar-refractivity contribution in [2.24, 2.45) is 0 Å². The van der Waals surface area contributed by atoms with E-state index in [-0.39, 0.29) is 11.7 Å². The normalized spacial score (nSPS) is 16.4. The molecule has 0 radical (unpaired) electrons. The Morgan fingerprint density at radius 2 is 1.88 bits per heavy atom. The van der Waals surface area contributed by atoms with Crippen LogP contribution in [0.25, 0.3) is 0 Å². The zero-order valence-corrected chi connectivity index (χ0v) is 15.8. The van der Waals surface area contributed by atoms with Crippen molar-refractivity contribution in [3.63, 3.8) is 0 Å². The van der Waals surface area contributed by atoms with Crippen molar-refractivity contribution >= 4 is 21.6 Å². The molecule has 8 nitrogen and oxygen atoms in total. The van der Waals surface area contributed by atoms with Crippen LogP contribution in [0.5, 0.6) is 0 Å². The molecule has 2 rings (SSSR count). The van der Waals surface area contributed by atoms with E-state index in [9.17, 15) is 13.2 Å². The number of rotatable bonds is 7. The Balaban J connectivity index is 1.91. The summed E-state index contributed by atoms with van der Waals surface area (Å²) < 4.78 is 23.3. The minimum atomic E-state index is -3.54. The predicted molar refractivity (Wildman–Crippen MR) is 95.8 cm³/mol. The van der Waals surface area contributed by atoms with Crippen LogP contribution in [0.3, 0.4) is 0 Å². The van der Waals surface area contributed by atoms with Gasteiger partial charge in [0.15, 0.2) is 9.84 Å². The maximum Gasteiger partial charge on any atom is 0.318 e. The fourth-order valence-corrected chi connectivity index (χ4v) is 3.78. The lowest BCUT2D eigenvalue weighted by Crippen LogP contribution is -2.48. The van der Waals surface area contributed by atoms with Crippen LogP contribution in [0.1, 0.15) is 31.3 Å². The summed E-state index contributed by atoms with van der Waals surface area (Å²) in [6.45, 7) is 9.41. The van der Waals surface area contributed by atoms with Crippen molar-refractivity contribution in [3.8, 4) is 0 Å². The average molecular weight is 370 g/mol. The first-order chi connectivity index (χ1) is 11.7. The van der Waals surface area contributed by atoms with Crippen molar-refractivity contribution in [2.75, 3.05) is 49.1 Å². The number of hydrogen-bond acceptors (Lipinski definition) is 7. The fraction of sp³-hybridized carbons (Fsp3) is 0.688. The second-order valence-corrected chi connectivity index (χ2v) is 8.88. The highest BCUT2D eigenvalue weighted by Crippen LogP contribution is 2.18. The third kappa shape index (κ3) is 5.93. The predicted octanol–water partition coefficient (Wildman–Crippen LogP) is 0.530. The van der Waals surface area contributed by atoms with Crippen LogP contribution in [-0.2, 0) is 14.6 Å². The minimum Gasteiger partial charge on any atom is -0.480 e. The van der Waals surface area contributed by atoms with E-state index in [1.165, 1.54) is 0 Å². The standard InChI is InChI=1S/C16H26N4O4S/c1-12(2)16-17-13(3)10-14(18-16)20-6-4-19(5-7-20)8-9-25(23,24)11-15(21)22/h10,12H,4-9,11H2,1-3H3,(H,21,22). The van der Waals surface area contributed by atoms with Crippen LogP contribution in [0.4, 0.5) is 5.82 Å². The highest BCUT2D eigenvalue weighted by Gasteiger charge is 2.22. The molecule has 2 heterocycles. The van der Waals surface area contributed by atoms with Gasteiger partial charge in [-0.25, -0.2) is 18.4 Å². The van der Waals surface area contributed by atoms with Gasteiger partial charge in [0.1, 0.15) is 17.4 Å². The van der Waals surface area contributed by atoms with E-state index in [4.69, 9.17) is 5.11 Å². The molecule has 1 aromatic rings. The molecule has 9 heteroatoms. The van der Waals surface area contributed by atoms with E-state index < -0.39 is 21.6 Å². The Hall–Kier alpha value is -1.74. The molecule has 0 unspecified atom stereocenters. The van der Waals surface area contributed by atoms with Crippen LogP contribution in [0, 0.1) is 6.92 Å². The van der Waals surface area contributed by atoms with Crippen molar-refractivity contribution in [1.29, 1.82) is 0 Å². The van der Waals surface area contributed by atoms with Gasteiger partial charge < -0.3 is 10.0 Å². The van der Waals surface area contributed by atoms with Gasteiger partial charge in [-0.2, -0.15) is 0 Å². The summed E-state index contributed by atoms with van der Waals surface area (Å²) in [5, 5.41) is 8.62. The lowest BCUT2D eigenvalue weighted by Gasteiger charge is -2.35. The van der Waals surface area contributed by atoms with E-state index in [0.717, 1.165) is 43.5 Å². The lowest BCUT2D eigenvalue weighted by molar-refractivity contribution is -0.134. The highest BCUT2D eigenvalue weighted by atomic mass is 32.2. The molecule has 140 valence electrons. The summed E-state index contributed by atoms with van der Waals surface area (Å²) in [7, 11) is -3.54. The van der Waals surface area contributed by atoms with Gasteiger partial charge in [0, 0.05) is 50.4 Å². The van der Waals surface area contributed by atoms with E-state index in [0.29, 0.717) is 6.54 Å². The molecular formula is C16H26N4O4S. The number of nitrogens with zero attached hydrogens (tertiary/aromatic N) is 4. The van der Waals surface area contributed by atoms with Gasteiger partial charge in [-0.1, -0.05) is 13.8 Å². The monoisotopic (exact) mass is 370 g/mol. The van der Waals surface area contributed by atoms with Crippen LogP contribution in [0.15, 0.2) is 6.07 Å². The van der Waals surface area contributed by atoms with Gasteiger partial charge in [0.2, 0.25) is 0 Å². The molecule has 0 spiro atoms. The lowest BCUT2D eigenvalue weighted by atomic mass is 10.2. The zero-order valence-electron chi connectivity index (χ0n) is 15.0. The van der Waals surface area contributed by atoms with Gasteiger partial charge in [0.25, 0.3) is 0 Å². The number of carbonyl (C=O) groups is 1. The third-order valence-corrected chi connectivity index (χ3v) is 5.62. The molecule has 0 atom stereocenters. The van der Waals surface area contributed by atoms with Crippen molar-refractivity contribution in [1.82, 2.24) is 14.9 Å².